The van der Waals surface area contributed by atoms with Crippen LogP contribution in [-0.2, 0) is 42.8 Å². The molecule has 0 spiro atoms. The molecular formula is C68H124N2O21. The highest BCUT2D eigenvalue weighted by molar-refractivity contribution is 5.77. The minimum absolute atomic E-state index is 0.117. The molecule has 18 unspecified atom stereocenters. The van der Waals surface area contributed by atoms with E-state index in [4.69, 9.17) is 28.4 Å². The molecule has 0 aromatic heterocycles. The zero-order valence-electron chi connectivity index (χ0n) is 55.4. The van der Waals surface area contributed by atoms with Gasteiger partial charge in [0.1, 0.15) is 67.1 Å². The van der Waals surface area contributed by atoms with E-state index in [2.05, 4.69) is 36.6 Å². The molecule has 2 amide bonds. The Morgan fingerprint density at radius 1 is 0.571 bits per heavy atom. The molecule has 3 aliphatic rings. The minimum atomic E-state index is -3.08. The number of nitrogens with one attached hydrogen (secondary N) is 2. The van der Waals surface area contributed by atoms with Gasteiger partial charge in [-0.25, -0.2) is 4.79 Å². The highest BCUT2D eigenvalue weighted by atomic mass is 16.8. The molecular weight excluding hydrogens is 1180 g/mol. The van der Waals surface area contributed by atoms with Crippen molar-refractivity contribution in [2.75, 3.05) is 26.4 Å². The van der Waals surface area contributed by atoms with Gasteiger partial charge in [0.2, 0.25) is 11.8 Å². The second-order valence-corrected chi connectivity index (χ2v) is 25.7. The molecule has 0 aromatic carbocycles. The number of hydrogen-bond donors (Lipinski definition) is 14. The minimum Gasteiger partial charge on any atom is -0.477 e. The molecule has 0 aliphatic carbocycles. The molecule has 0 bridgehead atoms. The lowest BCUT2D eigenvalue weighted by Crippen LogP contribution is -2.70. The fraction of sp³-hybridized carbons (Fsp3) is 0.897. The predicted molar refractivity (Wildman–Crippen MR) is 343 cm³/mol. The average molecular weight is 1310 g/mol. The molecule has 23 heteroatoms. The molecule has 0 aromatic rings. The molecule has 91 heavy (non-hydrogen) atoms. The van der Waals surface area contributed by atoms with E-state index >= 15 is 0 Å². The first kappa shape index (κ1) is 82.4. The summed E-state index contributed by atoms with van der Waals surface area (Å²) < 4.78 is 34.8. The molecule has 3 aliphatic heterocycles. The molecule has 18 atom stereocenters. The first-order valence-corrected chi connectivity index (χ1v) is 35.2. The van der Waals surface area contributed by atoms with Gasteiger partial charge in [-0.1, -0.05) is 224 Å². The Morgan fingerprint density at radius 2 is 1.05 bits per heavy atom. The van der Waals surface area contributed by atoms with E-state index in [1.165, 1.54) is 154 Å². The van der Waals surface area contributed by atoms with Crippen LogP contribution in [0.3, 0.4) is 0 Å². The molecule has 0 saturated carbocycles. The largest absolute Gasteiger partial charge is 0.477 e. The predicted octanol–water partition coefficient (Wildman–Crippen LogP) is 6.45. The number of rotatable bonds is 53. The van der Waals surface area contributed by atoms with Crippen LogP contribution in [0.1, 0.15) is 252 Å². The summed E-state index contributed by atoms with van der Waals surface area (Å²) in [7, 11) is 0. The van der Waals surface area contributed by atoms with Crippen LogP contribution in [0.25, 0.3) is 0 Å². The van der Waals surface area contributed by atoms with Crippen LogP contribution in [0.2, 0.25) is 0 Å². The quantitative estimate of drug-likeness (QED) is 0.0230. The van der Waals surface area contributed by atoms with Crippen LogP contribution in [0.4, 0.5) is 0 Å². The Bertz CT molecular complexity index is 1940. The van der Waals surface area contributed by atoms with Crippen LogP contribution in [0.5, 0.6) is 0 Å². The Labute approximate surface area is 543 Å². The highest BCUT2D eigenvalue weighted by Gasteiger charge is 2.60. The van der Waals surface area contributed by atoms with E-state index < -0.39 is 155 Å². The second kappa shape index (κ2) is 48.8. The number of hydrogen-bond acceptors (Lipinski definition) is 20. The maximum atomic E-state index is 13.4. The van der Waals surface area contributed by atoms with E-state index in [-0.39, 0.29) is 12.3 Å². The fourth-order valence-electron chi connectivity index (χ4n) is 12.3. The summed E-state index contributed by atoms with van der Waals surface area (Å²) in [5.74, 6) is -6.17. The van der Waals surface area contributed by atoms with E-state index in [1.807, 2.05) is 12.2 Å². The first-order chi connectivity index (χ1) is 43.9. The molecule has 3 fully saturated rings. The van der Waals surface area contributed by atoms with Crippen molar-refractivity contribution >= 4 is 17.8 Å². The smallest absolute Gasteiger partial charge is 0.364 e. The van der Waals surface area contributed by atoms with Crippen LogP contribution in [0, 0.1) is 0 Å². The van der Waals surface area contributed by atoms with Crippen molar-refractivity contribution in [3.8, 4) is 0 Å². The normalized spacial score (nSPS) is 28.5. The summed E-state index contributed by atoms with van der Waals surface area (Å²) in [6.07, 6.45) is 19.3. The Balaban J connectivity index is 1.57. The van der Waals surface area contributed by atoms with Gasteiger partial charge in [0, 0.05) is 19.8 Å². The number of ether oxygens (including phenoxy) is 6. The highest BCUT2D eigenvalue weighted by Crippen LogP contribution is 2.39. The van der Waals surface area contributed by atoms with Crippen molar-refractivity contribution in [3.05, 3.63) is 24.3 Å². The number of carboxylic acids is 1. The number of carbonyl (C=O) groups is 3. The Kier molecular flexibility index (Phi) is 44.2. The van der Waals surface area contributed by atoms with Crippen LogP contribution in [0.15, 0.2) is 24.3 Å². The van der Waals surface area contributed by atoms with Gasteiger partial charge < -0.3 is 100 Å². The number of aliphatic hydroxyl groups excluding tert-OH is 11. The number of carbonyl (C=O) groups excluding carboxylic acids is 2. The molecule has 3 rings (SSSR count). The molecule has 14 N–H and O–H groups in total. The lowest BCUT2D eigenvalue weighted by Gasteiger charge is -2.50. The van der Waals surface area contributed by atoms with E-state index in [0.29, 0.717) is 19.3 Å². The Morgan fingerprint density at radius 3 is 1.54 bits per heavy atom. The summed E-state index contributed by atoms with van der Waals surface area (Å²) in [5.41, 5.74) is 0. The van der Waals surface area contributed by atoms with E-state index in [0.717, 1.165) is 51.9 Å². The third-order valence-electron chi connectivity index (χ3n) is 17.9. The van der Waals surface area contributed by atoms with Gasteiger partial charge in [0.15, 0.2) is 12.6 Å². The lowest BCUT2D eigenvalue weighted by atomic mass is 9.88. The van der Waals surface area contributed by atoms with Gasteiger partial charge in [0.05, 0.1) is 50.7 Å². The standard InChI is InChI=1S/C68H124N2O21/c1-4-6-8-10-12-14-16-18-19-20-21-22-23-24-25-26-27-28-30-31-33-35-37-39-41-50(75)49(70-55(78)42-40-38-36-34-32-29-17-15-13-11-9-7-5-2)47-86-65-60(82)59(81)62(54(46-73)88-65)89-66-61(83)64(58(80)53(45-72)87-66)91-68(67(84)85)43-51(76)56(69-48(3)74)63(90-68)57(79)52(77)44-71/h29,32,36,38,49-54,56-66,71-73,75-77,79-83H,4-28,30-31,33-35,37,39-47H2,1-3H3,(H,69,74)(H,70,78)(H,84,85)/b32-29-,38-36-. The third-order valence-corrected chi connectivity index (χ3v) is 17.9. The van der Waals surface area contributed by atoms with E-state index in [9.17, 15) is 75.7 Å². The number of unbranched alkanes of at least 4 members (excludes halogenated alkanes) is 29. The summed E-state index contributed by atoms with van der Waals surface area (Å²) >= 11 is 0. The number of carboxylic acid groups (broad SMARTS) is 1. The molecule has 532 valence electrons. The van der Waals surface area contributed by atoms with Gasteiger partial charge in [-0.15, -0.1) is 0 Å². The maximum Gasteiger partial charge on any atom is 0.364 e. The van der Waals surface area contributed by atoms with Gasteiger partial charge in [-0.05, 0) is 32.1 Å². The fourth-order valence-corrected chi connectivity index (χ4v) is 12.3. The van der Waals surface area contributed by atoms with Crippen molar-refractivity contribution in [1.29, 1.82) is 0 Å². The van der Waals surface area contributed by atoms with Gasteiger partial charge >= 0.3 is 5.97 Å². The van der Waals surface area contributed by atoms with Gasteiger partial charge in [0.25, 0.3) is 5.79 Å². The maximum absolute atomic E-state index is 13.4. The lowest BCUT2D eigenvalue weighted by molar-refractivity contribution is -0.386. The summed E-state index contributed by atoms with van der Waals surface area (Å²) in [5, 5.41) is 136. The number of amides is 2. The van der Waals surface area contributed by atoms with Gasteiger partial charge in [-0.3, -0.25) is 9.59 Å². The van der Waals surface area contributed by atoms with Crippen molar-refractivity contribution in [2.24, 2.45) is 0 Å². The SMILES string of the molecule is CCCCCCCC/C=C\C/C=C\CCC(=O)NC(COC1OC(CO)C(OC2OC(CO)C(O)C(OC3(C(=O)O)CC(O)C(NC(C)=O)C(C(O)C(O)CO)O3)C2O)C(O)C1O)C(O)CCCCCCCCCCCCCCCCCCCCCCCCCC. The van der Waals surface area contributed by atoms with Crippen molar-refractivity contribution in [1.82, 2.24) is 10.6 Å². The van der Waals surface area contributed by atoms with Crippen molar-refractivity contribution < 1.29 is 104 Å². The summed E-state index contributed by atoms with van der Waals surface area (Å²) in [4.78, 5) is 38.5. The zero-order valence-corrected chi connectivity index (χ0v) is 55.4. The first-order valence-electron chi connectivity index (χ1n) is 35.2. The summed E-state index contributed by atoms with van der Waals surface area (Å²) in [6, 6.07) is -2.56. The molecule has 3 heterocycles. The molecule has 0 radical (unpaired) electrons. The average Bonchev–Trinajstić information content (AvgIpc) is 0.790. The van der Waals surface area contributed by atoms with Gasteiger partial charge in [-0.2, -0.15) is 0 Å². The molecule has 23 nitrogen and oxygen atoms in total. The Hall–Kier alpha value is -2.79. The van der Waals surface area contributed by atoms with Crippen LogP contribution < -0.4 is 10.6 Å². The third kappa shape index (κ3) is 31.3. The van der Waals surface area contributed by atoms with E-state index in [1.54, 1.807) is 0 Å². The second-order valence-electron chi connectivity index (χ2n) is 25.7. The zero-order chi connectivity index (χ0) is 66.8. The topological polar surface area (TPSA) is 373 Å². The van der Waals surface area contributed by atoms with Crippen LogP contribution >= 0.6 is 0 Å². The number of aliphatic hydroxyl groups is 11. The number of allylic oxidation sites excluding steroid dienone is 4. The number of aliphatic carboxylic acids is 1. The monoisotopic (exact) mass is 1300 g/mol. The molecule has 3 saturated heterocycles. The van der Waals surface area contributed by atoms with Crippen LogP contribution in [-0.4, -0.2) is 215 Å². The summed E-state index contributed by atoms with van der Waals surface area (Å²) in [6.45, 7) is 2.15. The van der Waals surface area contributed by atoms with Crippen molar-refractivity contribution in [2.45, 2.75) is 362 Å². The van der Waals surface area contributed by atoms with Crippen molar-refractivity contribution in [3.63, 3.8) is 0 Å².